The van der Waals surface area contributed by atoms with Crippen molar-refractivity contribution in [3.63, 3.8) is 0 Å². The molecule has 2 aromatic heterocycles. The van der Waals surface area contributed by atoms with E-state index in [1.165, 1.54) is 28.6 Å². The lowest BCUT2D eigenvalue weighted by molar-refractivity contribution is -0.113. The number of nitrogens with zero attached hydrogens (tertiary/aromatic N) is 3. The van der Waals surface area contributed by atoms with Crippen LogP contribution in [0.25, 0.3) is 10.2 Å². The molecule has 0 spiro atoms. The smallest absolute Gasteiger partial charge is 0.243 e. The molecule has 2 aliphatic rings. The SMILES string of the molecule is C[C@@H]1CCc2c(sc3ncnc(SCC(=O)Nc4ccc(S(=O)(=O)N5CCCCCC5)cc4)c23)C1. The van der Waals surface area contributed by atoms with Crippen molar-refractivity contribution in [3.05, 3.63) is 41.0 Å². The molecule has 0 saturated carbocycles. The van der Waals surface area contributed by atoms with Gasteiger partial charge in [0.15, 0.2) is 0 Å². The molecule has 1 saturated heterocycles. The highest BCUT2D eigenvalue weighted by molar-refractivity contribution is 8.00. The largest absolute Gasteiger partial charge is 0.325 e. The molecule has 186 valence electrons. The Balaban J connectivity index is 1.23. The van der Waals surface area contributed by atoms with Crippen LogP contribution in [0.3, 0.4) is 0 Å². The van der Waals surface area contributed by atoms with Gasteiger partial charge in [-0.15, -0.1) is 11.3 Å². The van der Waals surface area contributed by atoms with E-state index in [1.54, 1.807) is 46.2 Å². The standard InChI is InChI=1S/C25H30N4O3S3/c1-17-6-11-20-21(14-17)34-25-23(20)24(26-16-27-25)33-15-22(30)28-18-7-9-19(10-8-18)35(31,32)29-12-4-2-3-5-13-29/h7-10,16-17H,2-6,11-15H2,1H3,(H,28,30)/t17-/m1/s1. The highest BCUT2D eigenvalue weighted by Gasteiger charge is 2.25. The van der Waals surface area contributed by atoms with Gasteiger partial charge in [0, 0.05) is 29.0 Å². The quantitative estimate of drug-likeness (QED) is 0.352. The number of hydrogen-bond donors (Lipinski definition) is 1. The number of fused-ring (bicyclic) bond motifs is 3. The highest BCUT2D eigenvalue weighted by atomic mass is 32.2. The summed E-state index contributed by atoms with van der Waals surface area (Å²) in [5.41, 5.74) is 1.94. The number of anilines is 1. The van der Waals surface area contributed by atoms with Gasteiger partial charge < -0.3 is 5.32 Å². The molecular weight excluding hydrogens is 501 g/mol. The number of amides is 1. The molecule has 0 radical (unpaired) electrons. The third-order valence-electron chi connectivity index (χ3n) is 6.74. The van der Waals surface area contributed by atoms with Gasteiger partial charge in [0.1, 0.15) is 16.2 Å². The van der Waals surface area contributed by atoms with Gasteiger partial charge in [0.05, 0.1) is 10.6 Å². The van der Waals surface area contributed by atoms with Crippen molar-refractivity contribution in [2.45, 2.75) is 61.8 Å². The molecule has 35 heavy (non-hydrogen) atoms. The Bertz CT molecular complexity index is 1310. The molecule has 1 N–H and O–H groups in total. The zero-order valence-electron chi connectivity index (χ0n) is 19.8. The molecule has 5 rings (SSSR count). The minimum absolute atomic E-state index is 0.150. The zero-order chi connectivity index (χ0) is 24.4. The Kier molecular flexibility index (Phi) is 7.43. The Morgan fingerprint density at radius 1 is 1.14 bits per heavy atom. The van der Waals surface area contributed by atoms with Gasteiger partial charge in [-0.25, -0.2) is 18.4 Å². The molecule has 1 aliphatic carbocycles. The number of carbonyl (C=O) groups excluding carboxylic acids is 1. The average molecular weight is 531 g/mol. The number of nitrogens with one attached hydrogen (secondary N) is 1. The van der Waals surface area contributed by atoms with Crippen molar-refractivity contribution in [2.24, 2.45) is 5.92 Å². The maximum atomic E-state index is 13.0. The van der Waals surface area contributed by atoms with Crippen LogP contribution in [0.2, 0.25) is 0 Å². The van der Waals surface area contributed by atoms with Gasteiger partial charge in [-0.1, -0.05) is 31.5 Å². The number of benzene rings is 1. The summed E-state index contributed by atoms with van der Waals surface area (Å²) in [7, 11) is -3.50. The monoisotopic (exact) mass is 530 g/mol. The summed E-state index contributed by atoms with van der Waals surface area (Å²) < 4.78 is 27.5. The number of rotatable bonds is 6. The van der Waals surface area contributed by atoms with Gasteiger partial charge in [-0.2, -0.15) is 4.31 Å². The van der Waals surface area contributed by atoms with E-state index in [1.807, 2.05) is 0 Å². The van der Waals surface area contributed by atoms with E-state index in [0.29, 0.717) is 24.7 Å². The lowest BCUT2D eigenvalue weighted by Gasteiger charge is -2.20. The van der Waals surface area contributed by atoms with Crippen LogP contribution in [0.4, 0.5) is 5.69 Å². The van der Waals surface area contributed by atoms with E-state index in [4.69, 9.17) is 0 Å². The number of thioether (sulfide) groups is 1. The summed E-state index contributed by atoms with van der Waals surface area (Å²) in [4.78, 5) is 24.3. The number of carbonyl (C=O) groups is 1. The maximum Gasteiger partial charge on any atom is 0.243 e. The lowest BCUT2D eigenvalue weighted by atomic mass is 9.89. The summed E-state index contributed by atoms with van der Waals surface area (Å²) in [6.07, 6.45) is 8.82. The fraction of sp³-hybridized carbons (Fsp3) is 0.480. The number of aromatic nitrogens is 2. The summed E-state index contributed by atoms with van der Waals surface area (Å²) in [5.74, 6) is 0.764. The molecule has 1 aromatic carbocycles. The van der Waals surface area contributed by atoms with Gasteiger partial charge in [-0.05, 0) is 67.9 Å². The van der Waals surface area contributed by atoms with E-state index in [-0.39, 0.29) is 16.6 Å². The van der Waals surface area contributed by atoms with E-state index < -0.39 is 10.0 Å². The summed E-state index contributed by atoms with van der Waals surface area (Å²) in [5, 5.41) is 4.85. The molecule has 10 heteroatoms. The first-order valence-electron chi connectivity index (χ1n) is 12.2. The molecule has 7 nitrogen and oxygen atoms in total. The van der Waals surface area contributed by atoms with Crippen LogP contribution in [-0.2, 0) is 27.7 Å². The van der Waals surface area contributed by atoms with Crippen molar-refractivity contribution in [2.75, 3.05) is 24.2 Å². The topological polar surface area (TPSA) is 92.3 Å². The first-order valence-corrected chi connectivity index (χ1v) is 15.4. The molecule has 0 bridgehead atoms. The fourth-order valence-electron chi connectivity index (χ4n) is 4.83. The van der Waals surface area contributed by atoms with Crippen molar-refractivity contribution < 1.29 is 13.2 Å². The van der Waals surface area contributed by atoms with E-state index in [0.717, 1.165) is 53.8 Å². The molecule has 1 amide bonds. The predicted octanol–water partition coefficient (Wildman–Crippen LogP) is 5.11. The van der Waals surface area contributed by atoms with Crippen LogP contribution in [-0.4, -0.2) is 47.4 Å². The second-order valence-electron chi connectivity index (χ2n) is 9.39. The fourth-order valence-corrected chi connectivity index (χ4v) is 8.59. The summed E-state index contributed by atoms with van der Waals surface area (Å²) >= 11 is 3.18. The van der Waals surface area contributed by atoms with E-state index >= 15 is 0 Å². The van der Waals surface area contributed by atoms with Crippen LogP contribution >= 0.6 is 23.1 Å². The van der Waals surface area contributed by atoms with E-state index in [2.05, 4.69) is 22.2 Å². The van der Waals surface area contributed by atoms with Gasteiger partial charge in [-0.3, -0.25) is 4.79 Å². The Labute approximate surface area is 214 Å². The number of hydrogen-bond acceptors (Lipinski definition) is 7. The lowest BCUT2D eigenvalue weighted by Crippen LogP contribution is -2.31. The van der Waals surface area contributed by atoms with Gasteiger partial charge >= 0.3 is 0 Å². The molecular formula is C25H30N4O3S3. The maximum absolute atomic E-state index is 13.0. The van der Waals surface area contributed by atoms with Gasteiger partial charge in [0.25, 0.3) is 0 Å². The third-order valence-corrected chi connectivity index (χ3v) is 10.8. The second kappa shape index (κ2) is 10.5. The number of thiophene rings is 1. The molecule has 1 atom stereocenters. The van der Waals surface area contributed by atoms with Crippen molar-refractivity contribution >= 4 is 54.9 Å². The van der Waals surface area contributed by atoms with Crippen molar-refractivity contribution in [1.29, 1.82) is 0 Å². The van der Waals surface area contributed by atoms with E-state index in [9.17, 15) is 13.2 Å². The molecule has 1 fully saturated rings. The second-order valence-corrected chi connectivity index (χ2v) is 13.4. The average Bonchev–Trinajstić information content (AvgIpc) is 3.01. The Morgan fingerprint density at radius 3 is 2.63 bits per heavy atom. The summed E-state index contributed by atoms with van der Waals surface area (Å²) in [6, 6.07) is 6.48. The highest BCUT2D eigenvalue weighted by Crippen LogP contribution is 2.40. The third kappa shape index (κ3) is 5.40. The van der Waals surface area contributed by atoms with Crippen molar-refractivity contribution in [1.82, 2.24) is 14.3 Å². The van der Waals surface area contributed by atoms with Crippen molar-refractivity contribution in [3.8, 4) is 0 Å². The van der Waals surface area contributed by atoms with Crippen LogP contribution in [0.1, 0.15) is 49.5 Å². The Morgan fingerprint density at radius 2 is 1.89 bits per heavy atom. The normalized spacial score (nSPS) is 19.3. The molecule has 0 unspecified atom stereocenters. The van der Waals surface area contributed by atoms with Crippen LogP contribution < -0.4 is 5.32 Å². The first-order chi connectivity index (χ1) is 16.9. The molecule has 3 heterocycles. The number of aryl methyl sites for hydroxylation is 1. The predicted molar refractivity (Wildman–Crippen MR) is 142 cm³/mol. The van der Waals surface area contributed by atoms with Gasteiger partial charge in [0.2, 0.25) is 15.9 Å². The Hall–Kier alpha value is -2.01. The van der Waals surface area contributed by atoms with Crippen LogP contribution in [0.15, 0.2) is 40.5 Å². The molecule has 3 aromatic rings. The minimum atomic E-state index is -3.50. The number of sulfonamides is 1. The van der Waals surface area contributed by atoms with Crippen LogP contribution in [0, 0.1) is 5.92 Å². The minimum Gasteiger partial charge on any atom is -0.325 e. The van der Waals surface area contributed by atoms with Crippen LogP contribution in [0.5, 0.6) is 0 Å². The first kappa shape index (κ1) is 24.7. The summed E-state index contributed by atoms with van der Waals surface area (Å²) in [6.45, 7) is 3.43. The zero-order valence-corrected chi connectivity index (χ0v) is 22.3. The molecule has 1 aliphatic heterocycles.